The number of para-hydroxylation sites is 1. The van der Waals surface area contributed by atoms with Crippen LogP contribution in [0.4, 0.5) is 11.4 Å². The summed E-state index contributed by atoms with van der Waals surface area (Å²) in [5.74, 6) is -0.308. The Morgan fingerprint density at radius 3 is 2.42 bits per heavy atom. The standard InChI is InChI=1S/C17H19N3O3S/c18-13-8-10-15(11-9-13)24(22,23)20-12-4-7-16(20)17(21)19-14-5-2-1-3-6-14/h1-3,5-6,8-11,16H,4,7,12,18H2,(H,19,21). The summed E-state index contributed by atoms with van der Waals surface area (Å²) in [7, 11) is -3.72. The summed E-state index contributed by atoms with van der Waals surface area (Å²) in [5.41, 5.74) is 6.76. The molecule has 0 spiro atoms. The normalized spacial score (nSPS) is 18.4. The van der Waals surface area contributed by atoms with Crippen LogP contribution in [0.25, 0.3) is 0 Å². The molecule has 2 aromatic carbocycles. The first-order chi connectivity index (χ1) is 11.5. The first-order valence-corrected chi connectivity index (χ1v) is 9.16. The molecule has 1 aliphatic heterocycles. The summed E-state index contributed by atoms with van der Waals surface area (Å²) in [5, 5.41) is 2.78. The summed E-state index contributed by atoms with van der Waals surface area (Å²) in [6.45, 7) is 0.333. The van der Waals surface area contributed by atoms with Crippen LogP contribution in [0, 0.1) is 0 Å². The van der Waals surface area contributed by atoms with E-state index >= 15 is 0 Å². The summed E-state index contributed by atoms with van der Waals surface area (Å²) in [6, 6.07) is 14.3. The van der Waals surface area contributed by atoms with Crippen LogP contribution in [-0.2, 0) is 14.8 Å². The number of hydrogen-bond donors (Lipinski definition) is 2. The maximum Gasteiger partial charge on any atom is 0.243 e. The molecule has 1 atom stereocenters. The van der Waals surface area contributed by atoms with Crippen LogP contribution in [0.2, 0.25) is 0 Å². The number of benzene rings is 2. The van der Waals surface area contributed by atoms with E-state index in [1.165, 1.54) is 16.4 Å². The fourth-order valence-corrected chi connectivity index (χ4v) is 4.47. The van der Waals surface area contributed by atoms with Gasteiger partial charge in [0.15, 0.2) is 0 Å². The SMILES string of the molecule is Nc1ccc(S(=O)(=O)N2CCCC2C(=O)Nc2ccccc2)cc1. The zero-order chi connectivity index (χ0) is 17.2. The van der Waals surface area contributed by atoms with Gasteiger partial charge in [-0.1, -0.05) is 18.2 Å². The molecule has 0 aromatic heterocycles. The molecule has 3 N–H and O–H groups in total. The lowest BCUT2D eigenvalue weighted by Crippen LogP contribution is -2.43. The lowest BCUT2D eigenvalue weighted by Gasteiger charge is -2.23. The molecule has 1 heterocycles. The molecule has 1 unspecified atom stereocenters. The number of anilines is 2. The molecule has 1 saturated heterocycles. The number of hydrogen-bond acceptors (Lipinski definition) is 4. The Balaban J connectivity index is 1.82. The van der Waals surface area contributed by atoms with Crippen LogP contribution >= 0.6 is 0 Å². The van der Waals surface area contributed by atoms with Crippen molar-refractivity contribution in [2.75, 3.05) is 17.6 Å². The largest absolute Gasteiger partial charge is 0.399 e. The van der Waals surface area contributed by atoms with Crippen molar-refractivity contribution in [2.24, 2.45) is 0 Å². The van der Waals surface area contributed by atoms with Crippen molar-refractivity contribution < 1.29 is 13.2 Å². The summed E-state index contributed by atoms with van der Waals surface area (Å²) in [6.07, 6.45) is 1.16. The molecule has 1 amide bonds. The van der Waals surface area contributed by atoms with Gasteiger partial charge in [-0.25, -0.2) is 8.42 Å². The molecular formula is C17H19N3O3S. The van der Waals surface area contributed by atoms with Crippen molar-refractivity contribution in [3.8, 4) is 0 Å². The molecule has 0 aliphatic carbocycles. The Hall–Kier alpha value is -2.38. The number of amides is 1. The van der Waals surface area contributed by atoms with Crippen LogP contribution in [0.3, 0.4) is 0 Å². The number of rotatable bonds is 4. The zero-order valence-corrected chi connectivity index (χ0v) is 13.9. The van der Waals surface area contributed by atoms with Gasteiger partial charge in [-0.2, -0.15) is 4.31 Å². The quantitative estimate of drug-likeness (QED) is 0.830. The van der Waals surface area contributed by atoms with E-state index in [1.807, 2.05) is 18.2 Å². The summed E-state index contributed by atoms with van der Waals surface area (Å²) < 4.78 is 26.9. The highest BCUT2D eigenvalue weighted by atomic mass is 32.2. The van der Waals surface area contributed by atoms with E-state index < -0.39 is 16.1 Å². The minimum Gasteiger partial charge on any atom is -0.399 e. The lowest BCUT2D eigenvalue weighted by atomic mass is 10.2. The fraction of sp³-hybridized carbons (Fsp3) is 0.235. The van der Waals surface area contributed by atoms with Crippen LogP contribution in [0.5, 0.6) is 0 Å². The van der Waals surface area contributed by atoms with Gasteiger partial charge in [0.2, 0.25) is 15.9 Å². The van der Waals surface area contributed by atoms with E-state index in [1.54, 1.807) is 24.3 Å². The molecule has 126 valence electrons. The van der Waals surface area contributed by atoms with Gasteiger partial charge >= 0.3 is 0 Å². The highest BCUT2D eigenvalue weighted by Gasteiger charge is 2.39. The fourth-order valence-electron chi connectivity index (χ4n) is 2.81. The third-order valence-electron chi connectivity index (χ3n) is 4.03. The number of nitrogens with two attached hydrogens (primary N) is 1. The van der Waals surface area contributed by atoms with E-state index in [4.69, 9.17) is 5.73 Å². The van der Waals surface area contributed by atoms with Crippen molar-refractivity contribution in [3.05, 3.63) is 54.6 Å². The Labute approximate surface area is 141 Å². The average Bonchev–Trinajstić information content (AvgIpc) is 3.07. The second-order valence-corrected chi connectivity index (χ2v) is 7.59. The molecular weight excluding hydrogens is 326 g/mol. The van der Waals surface area contributed by atoms with Crippen molar-refractivity contribution in [1.29, 1.82) is 0 Å². The third kappa shape index (κ3) is 3.27. The Morgan fingerprint density at radius 1 is 1.08 bits per heavy atom. The smallest absolute Gasteiger partial charge is 0.243 e. The zero-order valence-electron chi connectivity index (χ0n) is 13.1. The van der Waals surface area contributed by atoms with Crippen LogP contribution < -0.4 is 11.1 Å². The molecule has 6 nitrogen and oxygen atoms in total. The molecule has 24 heavy (non-hydrogen) atoms. The van der Waals surface area contributed by atoms with Crippen molar-refractivity contribution in [3.63, 3.8) is 0 Å². The monoisotopic (exact) mass is 345 g/mol. The van der Waals surface area contributed by atoms with Gasteiger partial charge in [0, 0.05) is 17.9 Å². The molecule has 0 bridgehead atoms. The molecule has 1 aliphatic rings. The Kier molecular flexibility index (Phi) is 4.55. The lowest BCUT2D eigenvalue weighted by molar-refractivity contribution is -0.119. The molecule has 0 radical (unpaired) electrons. The van der Waals surface area contributed by atoms with Crippen molar-refractivity contribution >= 4 is 27.3 Å². The number of sulfonamides is 1. The molecule has 1 fully saturated rings. The predicted molar refractivity (Wildman–Crippen MR) is 92.8 cm³/mol. The molecule has 3 rings (SSSR count). The van der Waals surface area contributed by atoms with Crippen molar-refractivity contribution in [2.45, 2.75) is 23.8 Å². The van der Waals surface area contributed by atoms with E-state index in [2.05, 4.69) is 5.32 Å². The van der Waals surface area contributed by atoms with Gasteiger partial charge < -0.3 is 11.1 Å². The topological polar surface area (TPSA) is 92.5 Å². The maximum atomic E-state index is 12.8. The number of nitrogens with zero attached hydrogens (tertiary/aromatic N) is 1. The highest BCUT2D eigenvalue weighted by molar-refractivity contribution is 7.89. The number of nitrogens with one attached hydrogen (secondary N) is 1. The molecule has 7 heteroatoms. The maximum absolute atomic E-state index is 12.8. The van der Waals surface area contributed by atoms with Gasteiger partial charge in [0.25, 0.3) is 0 Å². The third-order valence-corrected chi connectivity index (χ3v) is 5.96. The minimum absolute atomic E-state index is 0.149. The average molecular weight is 345 g/mol. The second-order valence-electron chi connectivity index (χ2n) is 5.70. The van der Waals surface area contributed by atoms with E-state index in [-0.39, 0.29) is 10.8 Å². The van der Waals surface area contributed by atoms with E-state index in [0.717, 1.165) is 0 Å². The Morgan fingerprint density at radius 2 is 1.75 bits per heavy atom. The van der Waals surface area contributed by atoms with Crippen molar-refractivity contribution in [1.82, 2.24) is 4.31 Å². The molecule has 2 aromatic rings. The van der Waals surface area contributed by atoms with Gasteiger partial charge in [-0.15, -0.1) is 0 Å². The van der Waals surface area contributed by atoms with Crippen LogP contribution in [-0.4, -0.2) is 31.2 Å². The minimum atomic E-state index is -3.72. The van der Waals surface area contributed by atoms with E-state index in [9.17, 15) is 13.2 Å². The van der Waals surface area contributed by atoms with E-state index in [0.29, 0.717) is 30.8 Å². The van der Waals surface area contributed by atoms with Crippen LogP contribution in [0.1, 0.15) is 12.8 Å². The summed E-state index contributed by atoms with van der Waals surface area (Å²) in [4.78, 5) is 12.7. The number of carbonyl (C=O) groups is 1. The summed E-state index contributed by atoms with van der Waals surface area (Å²) >= 11 is 0. The van der Waals surface area contributed by atoms with Gasteiger partial charge in [0.1, 0.15) is 6.04 Å². The van der Waals surface area contributed by atoms with Gasteiger partial charge in [0.05, 0.1) is 4.90 Å². The van der Waals surface area contributed by atoms with Gasteiger partial charge in [-0.3, -0.25) is 4.79 Å². The Bertz CT molecular complexity index is 820. The number of carbonyl (C=O) groups excluding carboxylic acids is 1. The molecule has 0 saturated carbocycles. The first kappa shape index (κ1) is 16.5. The van der Waals surface area contributed by atoms with Gasteiger partial charge in [-0.05, 0) is 49.2 Å². The van der Waals surface area contributed by atoms with Crippen LogP contribution in [0.15, 0.2) is 59.5 Å². The second kappa shape index (κ2) is 6.62. The predicted octanol–water partition coefficient (Wildman–Crippen LogP) is 2.06. The first-order valence-electron chi connectivity index (χ1n) is 7.72. The number of nitrogen functional groups attached to an aromatic ring is 1. The highest BCUT2D eigenvalue weighted by Crippen LogP contribution is 2.27.